The van der Waals surface area contributed by atoms with E-state index in [0.717, 1.165) is 57.7 Å². The fourth-order valence-electron chi connectivity index (χ4n) is 4.19. The molecule has 1 aliphatic rings. The number of nitrogens with zero attached hydrogens (tertiary/aromatic N) is 1. The smallest absolute Gasteiger partial charge is 0.0976 e. The van der Waals surface area contributed by atoms with Crippen LogP contribution in [0.2, 0.25) is 0 Å². The quantitative estimate of drug-likeness (QED) is 0.753. The maximum Gasteiger partial charge on any atom is 0.0976 e. The van der Waals surface area contributed by atoms with Crippen molar-refractivity contribution in [2.75, 3.05) is 32.8 Å². The van der Waals surface area contributed by atoms with Crippen molar-refractivity contribution in [3.63, 3.8) is 0 Å². The molecule has 3 nitrogen and oxygen atoms in total. The van der Waals surface area contributed by atoms with Crippen molar-refractivity contribution in [3.05, 3.63) is 71.3 Å². The summed E-state index contributed by atoms with van der Waals surface area (Å²) in [6.45, 7) is 8.58. The van der Waals surface area contributed by atoms with Crippen molar-refractivity contribution in [1.82, 2.24) is 4.90 Å². The van der Waals surface area contributed by atoms with Gasteiger partial charge in [-0.05, 0) is 29.5 Å². The van der Waals surface area contributed by atoms with Gasteiger partial charge in [0.2, 0.25) is 0 Å². The van der Waals surface area contributed by atoms with Crippen LogP contribution in [0.15, 0.2) is 54.6 Å². The molecule has 1 saturated heterocycles. The fourth-order valence-corrected chi connectivity index (χ4v) is 4.19. The summed E-state index contributed by atoms with van der Waals surface area (Å²) in [7, 11) is 0. The predicted molar refractivity (Wildman–Crippen MR) is 111 cm³/mol. The molecule has 2 aromatic rings. The Hall–Kier alpha value is -1.68. The van der Waals surface area contributed by atoms with Gasteiger partial charge in [0.15, 0.2) is 0 Å². The molecule has 1 heterocycles. The Morgan fingerprint density at radius 2 is 1.67 bits per heavy atom. The van der Waals surface area contributed by atoms with Crippen LogP contribution in [0.4, 0.5) is 0 Å². The predicted octanol–water partition coefficient (Wildman–Crippen LogP) is 4.35. The minimum Gasteiger partial charge on any atom is -0.384 e. The first-order valence-corrected chi connectivity index (χ1v) is 10.3. The van der Waals surface area contributed by atoms with E-state index in [2.05, 4.69) is 67.3 Å². The van der Waals surface area contributed by atoms with Crippen LogP contribution in [0.5, 0.6) is 0 Å². The van der Waals surface area contributed by atoms with Gasteiger partial charge in [-0.15, -0.1) is 0 Å². The van der Waals surface area contributed by atoms with Gasteiger partial charge in [-0.25, -0.2) is 0 Å². The van der Waals surface area contributed by atoms with Crippen molar-refractivity contribution >= 4 is 0 Å². The Morgan fingerprint density at radius 3 is 2.26 bits per heavy atom. The van der Waals surface area contributed by atoms with Crippen LogP contribution >= 0.6 is 0 Å². The molecule has 3 rings (SSSR count). The third-order valence-corrected chi connectivity index (χ3v) is 5.82. The number of aryl methyl sites for hydroxylation is 1. The van der Waals surface area contributed by atoms with Crippen LogP contribution in [0.3, 0.4) is 0 Å². The summed E-state index contributed by atoms with van der Waals surface area (Å²) < 4.78 is 5.53. The molecule has 1 N–H and O–H groups in total. The first-order chi connectivity index (χ1) is 13.2. The van der Waals surface area contributed by atoms with E-state index in [0.29, 0.717) is 0 Å². The first-order valence-electron chi connectivity index (χ1n) is 10.3. The summed E-state index contributed by atoms with van der Waals surface area (Å²) in [6.07, 6.45) is 2.71. The van der Waals surface area contributed by atoms with Gasteiger partial charge in [0, 0.05) is 25.6 Å². The Morgan fingerprint density at radius 1 is 1.00 bits per heavy atom. The average molecular weight is 368 g/mol. The van der Waals surface area contributed by atoms with Crippen LogP contribution in [0, 0.1) is 0 Å². The van der Waals surface area contributed by atoms with Gasteiger partial charge in [0.25, 0.3) is 0 Å². The maximum absolute atomic E-state index is 12.0. The van der Waals surface area contributed by atoms with Crippen molar-refractivity contribution in [1.29, 1.82) is 0 Å². The molecule has 0 saturated carbocycles. The zero-order valence-electron chi connectivity index (χ0n) is 16.7. The zero-order chi connectivity index (χ0) is 19.1. The second kappa shape index (κ2) is 9.50. The third kappa shape index (κ3) is 4.78. The summed E-state index contributed by atoms with van der Waals surface area (Å²) in [5.41, 5.74) is 2.67. The highest BCUT2D eigenvalue weighted by Gasteiger charge is 2.39. The lowest BCUT2D eigenvalue weighted by atomic mass is 9.74. The molecule has 27 heavy (non-hydrogen) atoms. The summed E-state index contributed by atoms with van der Waals surface area (Å²) in [5.74, 6) is 0.0317. The van der Waals surface area contributed by atoms with Gasteiger partial charge in [0.05, 0.1) is 18.8 Å². The molecule has 2 atom stereocenters. The lowest BCUT2D eigenvalue weighted by molar-refractivity contribution is -0.0285. The minimum atomic E-state index is -0.874. The molecule has 146 valence electrons. The Balaban J connectivity index is 1.98. The van der Waals surface area contributed by atoms with Gasteiger partial charge < -0.3 is 9.84 Å². The van der Waals surface area contributed by atoms with E-state index < -0.39 is 5.60 Å². The van der Waals surface area contributed by atoms with E-state index in [9.17, 15) is 5.11 Å². The number of morpholine rings is 1. The average Bonchev–Trinajstić information content (AvgIpc) is 2.73. The van der Waals surface area contributed by atoms with Gasteiger partial charge in [-0.1, -0.05) is 74.9 Å². The molecular formula is C24H33NO2. The molecule has 0 bridgehead atoms. The van der Waals surface area contributed by atoms with E-state index in [-0.39, 0.29) is 5.92 Å². The third-order valence-electron chi connectivity index (χ3n) is 5.82. The maximum atomic E-state index is 12.0. The lowest BCUT2D eigenvalue weighted by Gasteiger charge is -2.41. The van der Waals surface area contributed by atoms with Gasteiger partial charge in [-0.2, -0.15) is 0 Å². The van der Waals surface area contributed by atoms with E-state index >= 15 is 0 Å². The van der Waals surface area contributed by atoms with E-state index in [1.807, 2.05) is 6.07 Å². The van der Waals surface area contributed by atoms with Gasteiger partial charge >= 0.3 is 0 Å². The number of aliphatic hydroxyl groups is 1. The Labute approximate surface area is 164 Å². The summed E-state index contributed by atoms with van der Waals surface area (Å²) in [4.78, 5) is 2.43. The molecule has 0 radical (unpaired) electrons. The molecule has 0 aromatic heterocycles. The Bertz CT molecular complexity index is 679. The molecule has 0 aliphatic carbocycles. The molecule has 1 aliphatic heterocycles. The number of hydrogen-bond acceptors (Lipinski definition) is 3. The highest BCUT2D eigenvalue weighted by molar-refractivity contribution is 5.33. The van der Waals surface area contributed by atoms with E-state index in [1.54, 1.807) is 0 Å². The highest BCUT2D eigenvalue weighted by atomic mass is 16.5. The zero-order valence-corrected chi connectivity index (χ0v) is 16.7. The topological polar surface area (TPSA) is 32.7 Å². The molecule has 0 spiro atoms. The number of benzene rings is 2. The molecule has 2 aromatic carbocycles. The number of hydrogen-bond donors (Lipinski definition) is 1. The monoisotopic (exact) mass is 367 g/mol. The lowest BCUT2D eigenvalue weighted by Crippen LogP contribution is -2.45. The second-order valence-corrected chi connectivity index (χ2v) is 7.60. The van der Waals surface area contributed by atoms with E-state index in [4.69, 9.17) is 4.74 Å². The van der Waals surface area contributed by atoms with Crippen LogP contribution < -0.4 is 0 Å². The van der Waals surface area contributed by atoms with Crippen molar-refractivity contribution < 1.29 is 9.84 Å². The van der Waals surface area contributed by atoms with Gasteiger partial charge in [0.1, 0.15) is 0 Å². The van der Waals surface area contributed by atoms with Crippen molar-refractivity contribution in [3.8, 4) is 0 Å². The fraction of sp³-hybridized carbons (Fsp3) is 0.500. The standard InChI is InChI=1S/C24H33NO2/c1-3-14-24(26,22-12-10-20(4-2)11-13-22)23(21-8-6-5-7-9-21)19-25-15-17-27-18-16-25/h5-13,23,26H,3-4,14-19H2,1-2H3/t23-,24-/m0/s1. The minimum absolute atomic E-state index is 0.0317. The van der Waals surface area contributed by atoms with Crippen LogP contribution in [-0.4, -0.2) is 42.9 Å². The second-order valence-electron chi connectivity index (χ2n) is 7.60. The van der Waals surface area contributed by atoms with Crippen molar-refractivity contribution in [2.24, 2.45) is 0 Å². The van der Waals surface area contributed by atoms with Crippen LogP contribution in [-0.2, 0) is 16.8 Å². The molecule has 0 amide bonds. The number of rotatable bonds is 8. The molecular weight excluding hydrogens is 334 g/mol. The van der Waals surface area contributed by atoms with Gasteiger partial charge in [-0.3, -0.25) is 4.90 Å². The van der Waals surface area contributed by atoms with Crippen LogP contribution in [0.1, 0.15) is 49.3 Å². The van der Waals surface area contributed by atoms with Crippen LogP contribution in [0.25, 0.3) is 0 Å². The summed E-state index contributed by atoms with van der Waals surface area (Å²) in [6, 6.07) is 19.1. The molecule has 1 fully saturated rings. The Kier molecular flexibility index (Phi) is 7.06. The molecule has 3 heteroatoms. The largest absolute Gasteiger partial charge is 0.384 e. The molecule has 0 unspecified atom stereocenters. The number of ether oxygens (including phenoxy) is 1. The normalized spacial score (nSPS) is 18.8. The first kappa shape index (κ1) is 20.1. The SMILES string of the molecule is CCC[C@](O)(c1ccc(CC)cc1)[C@@H](CN1CCOCC1)c1ccccc1. The van der Waals surface area contributed by atoms with E-state index in [1.165, 1.54) is 11.1 Å². The summed E-state index contributed by atoms with van der Waals surface area (Å²) in [5, 5.41) is 12.0. The van der Waals surface area contributed by atoms with Crippen molar-refractivity contribution in [2.45, 2.75) is 44.6 Å². The highest BCUT2D eigenvalue weighted by Crippen LogP contribution is 2.41. The summed E-state index contributed by atoms with van der Waals surface area (Å²) >= 11 is 0.